The fourth-order valence-electron chi connectivity index (χ4n) is 5.54. The molecule has 206 valence electrons. The van der Waals surface area contributed by atoms with Crippen molar-refractivity contribution in [1.82, 2.24) is 20.0 Å². The quantitative estimate of drug-likeness (QED) is 0.413. The highest BCUT2D eigenvalue weighted by atomic mass is 19.1. The molecule has 1 heterocycles. The number of nitrogens with zero attached hydrogens (tertiary/aromatic N) is 3. The van der Waals surface area contributed by atoms with Gasteiger partial charge in [-0.1, -0.05) is 67.8 Å². The Balaban J connectivity index is 1.14. The lowest BCUT2D eigenvalue weighted by Crippen LogP contribution is -2.52. The van der Waals surface area contributed by atoms with Crippen molar-refractivity contribution in [3.8, 4) is 0 Å². The SMILES string of the molecule is O=C(Nc1cccc2ccccc12)N1CCN(CCN(Cc2ccc(F)cc2)C(=O)NC2CCCCC2)CC1. The van der Waals surface area contributed by atoms with E-state index in [1.807, 2.05) is 52.3 Å². The van der Waals surface area contributed by atoms with E-state index in [1.54, 1.807) is 12.1 Å². The zero-order chi connectivity index (χ0) is 27.0. The fraction of sp³-hybridized carbons (Fsp3) is 0.419. The Labute approximate surface area is 230 Å². The van der Waals surface area contributed by atoms with Crippen LogP contribution in [0, 0.1) is 5.82 Å². The molecule has 39 heavy (non-hydrogen) atoms. The van der Waals surface area contributed by atoms with Crippen molar-refractivity contribution >= 4 is 28.5 Å². The minimum Gasteiger partial charge on any atom is -0.335 e. The molecule has 1 saturated heterocycles. The second kappa shape index (κ2) is 12.9. The average Bonchev–Trinajstić information content (AvgIpc) is 2.97. The second-order valence-corrected chi connectivity index (χ2v) is 10.6. The van der Waals surface area contributed by atoms with Crippen molar-refractivity contribution in [2.75, 3.05) is 44.6 Å². The third-order valence-corrected chi connectivity index (χ3v) is 7.88. The summed E-state index contributed by atoms with van der Waals surface area (Å²) in [5.41, 5.74) is 1.73. The Kier molecular flexibility index (Phi) is 8.93. The standard InChI is InChI=1S/C31H38FN5O2/c32-26-15-13-24(14-16-26)23-37(30(38)33-27-9-2-1-3-10-27)22-19-35-17-20-36(21-18-35)31(39)34-29-12-6-8-25-7-4-5-11-28(25)29/h4-8,11-16,27H,1-3,9-10,17-23H2,(H,33,38)(H,34,39). The van der Waals surface area contributed by atoms with Crippen LogP contribution >= 0.6 is 0 Å². The van der Waals surface area contributed by atoms with Gasteiger partial charge in [0.15, 0.2) is 0 Å². The van der Waals surface area contributed by atoms with E-state index in [-0.39, 0.29) is 23.9 Å². The summed E-state index contributed by atoms with van der Waals surface area (Å²) in [6.07, 6.45) is 5.60. The first-order valence-electron chi connectivity index (χ1n) is 14.1. The third kappa shape index (κ3) is 7.26. The summed E-state index contributed by atoms with van der Waals surface area (Å²) in [6, 6.07) is 20.4. The Morgan fingerprint density at radius 3 is 2.36 bits per heavy atom. The van der Waals surface area contributed by atoms with Gasteiger partial charge in [-0.15, -0.1) is 0 Å². The first-order chi connectivity index (χ1) is 19.0. The van der Waals surface area contributed by atoms with E-state index in [9.17, 15) is 14.0 Å². The highest BCUT2D eigenvalue weighted by Gasteiger charge is 2.24. The minimum absolute atomic E-state index is 0.0562. The molecule has 0 unspecified atom stereocenters. The second-order valence-electron chi connectivity index (χ2n) is 10.6. The highest BCUT2D eigenvalue weighted by molar-refractivity contribution is 6.01. The summed E-state index contributed by atoms with van der Waals surface area (Å²) < 4.78 is 13.4. The molecular formula is C31H38FN5O2. The number of carbonyl (C=O) groups excluding carboxylic acids is 2. The molecule has 8 heteroatoms. The zero-order valence-corrected chi connectivity index (χ0v) is 22.4. The molecule has 7 nitrogen and oxygen atoms in total. The molecule has 0 aromatic heterocycles. The maximum absolute atomic E-state index is 13.4. The van der Waals surface area contributed by atoms with E-state index >= 15 is 0 Å². The van der Waals surface area contributed by atoms with E-state index in [4.69, 9.17) is 0 Å². The highest BCUT2D eigenvalue weighted by Crippen LogP contribution is 2.23. The number of halogens is 1. The van der Waals surface area contributed by atoms with Gasteiger partial charge in [0.05, 0.1) is 5.69 Å². The number of anilines is 1. The van der Waals surface area contributed by atoms with Gasteiger partial charge in [-0.3, -0.25) is 4.90 Å². The number of benzene rings is 3. The van der Waals surface area contributed by atoms with Gasteiger partial charge < -0.3 is 20.4 Å². The Morgan fingerprint density at radius 2 is 1.59 bits per heavy atom. The van der Waals surface area contributed by atoms with Crippen LogP contribution in [0.2, 0.25) is 0 Å². The molecule has 0 atom stereocenters. The van der Waals surface area contributed by atoms with Gasteiger partial charge in [0, 0.05) is 57.2 Å². The molecule has 1 aliphatic carbocycles. The van der Waals surface area contributed by atoms with Crippen LogP contribution in [0.5, 0.6) is 0 Å². The van der Waals surface area contributed by atoms with Gasteiger partial charge in [0.1, 0.15) is 5.82 Å². The number of hydrogen-bond acceptors (Lipinski definition) is 3. The first-order valence-corrected chi connectivity index (χ1v) is 14.1. The maximum atomic E-state index is 13.4. The number of hydrogen-bond donors (Lipinski definition) is 2. The van der Waals surface area contributed by atoms with E-state index in [2.05, 4.69) is 15.5 Å². The minimum atomic E-state index is -0.278. The predicted molar refractivity (Wildman–Crippen MR) is 153 cm³/mol. The van der Waals surface area contributed by atoms with E-state index < -0.39 is 0 Å². The molecular weight excluding hydrogens is 493 g/mol. The Morgan fingerprint density at radius 1 is 0.872 bits per heavy atom. The van der Waals surface area contributed by atoms with Crippen LogP contribution in [-0.2, 0) is 6.54 Å². The monoisotopic (exact) mass is 531 g/mol. The number of urea groups is 2. The van der Waals surface area contributed by atoms with Crippen molar-refractivity contribution < 1.29 is 14.0 Å². The normalized spacial score (nSPS) is 16.7. The summed E-state index contributed by atoms with van der Waals surface area (Å²) in [7, 11) is 0. The van der Waals surface area contributed by atoms with Gasteiger partial charge in [-0.05, 0) is 42.0 Å². The van der Waals surface area contributed by atoms with Gasteiger partial charge in [0.25, 0.3) is 0 Å². The molecule has 5 rings (SSSR count). The topological polar surface area (TPSA) is 67.9 Å². The first kappa shape index (κ1) is 26.9. The molecule has 0 radical (unpaired) electrons. The van der Waals surface area contributed by atoms with Crippen LogP contribution < -0.4 is 10.6 Å². The van der Waals surface area contributed by atoms with Gasteiger partial charge in [-0.2, -0.15) is 0 Å². The Hall–Kier alpha value is -3.65. The zero-order valence-electron chi connectivity index (χ0n) is 22.4. The molecule has 0 spiro atoms. The predicted octanol–water partition coefficient (Wildman–Crippen LogP) is 5.67. The molecule has 3 aromatic carbocycles. The van der Waals surface area contributed by atoms with E-state index in [1.165, 1.54) is 18.6 Å². The molecule has 0 bridgehead atoms. The largest absolute Gasteiger partial charge is 0.335 e. The molecule has 4 amide bonds. The summed E-state index contributed by atoms with van der Waals surface area (Å²) in [6.45, 7) is 4.48. The lowest BCUT2D eigenvalue weighted by atomic mass is 9.96. The lowest BCUT2D eigenvalue weighted by molar-refractivity contribution is 0.133. The van der Waals surface area contributed by atoms with Crippen LogP contribution in [0.4, 0.5) is 19.7 Å². The molecule has 3 aromatic rings. The van der Waals surface area contributed by atoms with Crippen LogP contribution in [0.15, 0.2) is 66.7 Å². The summed E-state index contributed by atoms with van der Waals surface area (Å²) in [5, 5.41) is 8.44. The van der Waals surface area contributed by atoms with Crippen molar-refractivity contribution in [2.45, 2.75) is 44.7 Å². The van der Waals surface area contributed by atoms with Gasteiger partial charge in [0.2, 0.25) is 0 Å². The third-order valence-electron chi connectivity index (χ3n) is 7.88. The number of piperazine rings is 1. The molecule has 1 aliphatic heterocycles. The van der Waals surface area contributed by atoms with Gasteiger partial charge >= 0.3 is 12.1 Å². The summed E-state index contributed by atoms with van der Waals surface area (Å²) >= 11 is 0. The van der Waals surface area contributed by atoms with Crippen molar-refractivity contribution in [3.05, 3.63) is 78.1 Å². The number of nitrogens with one attached hydrogen (secondary N) is 2. The fourth-order valence-corrected chi connectivity index (χ4v) is 5.54. The van der Waals surface area contributed by atoms with Crippen LogP contribution in [0.1, 0.15) is 37.7 Å². The average molecular weight is 532 g/mol. The number of fused-ring (bicyclic) bond motifs is 1. The number of amides is 4. The van der Waals surface area contributed by atoms with Crippen molar-refractivity contribution in [3.63, 3.8) is 0 Å². The number of rotatable bonds is 7. The molecule has 1 saturated carbocycles. The van der Waals surface area contributed by atoms with Crippen molar-refractivity contribution in [1.29, 1.82) is 0 Å². The van der Waals surface area contributed by atoms with Crippen molar-refractivity contribution in [2.24, 2.45) is 0 Å². The Bertz CT molecular complexity index is 1250. The van der Waals surface area contributed by atoms with Crippen LogP contribution in [0.3, 0.4) is 0 Å². The summed E-state index contributed by atoms with van der Waals surface area (Å²) in [5.74, 6) is -0.278. The lowest BCUT2D eigenvalue weighted by Gasteiger charge is -2.36. The molecule has 2 N–H and O–H groups in total. The van der Waals surface area contributed by atoms with E-state index in [0.717, 1.165) is 67.3 Å². The van der Waals surface area contributed by atoms with Crippen LogP contribution in [-0.4, -0.2) is 72.1 Å². The molecule has 2 fully saturated rings. The molecule has 2 aliphatic rings. The smallest absolute Gasteiger partial charge is 0.321 e. The maximum Gasteiger partial charge on any atom is 0.321 e. The summed E-state index contributed by atoms with van der Waals surface area (Å²) in [4.78, 5) is 32.2. The van der Waals surface area contributed by atoms with E-state index in [0.29, 0.717) is 26.2 Å². The number of carbonyl (C=O) groups is 2. The van der Waals surface area contributed by atoms with Crippen LogP contribution in [0.25, 0.3) is 10.8 Å². The van der Waals surface area contributed by atoms with Gasteiger partial charge in [-0.25, -0.2) is 14.0 Å².